The summed E-state index contributed by atoms with van der Waals surface area (Å²) in [6, 6.07) is 7.61. The third kappa shape index (κ3) is 8.70. The first-order valence-corrected chi connectivity index (χ1v) is 20.3. The minimum Gasteiger partial charge on any atom is -0.494 e. The van der Waals surface area contributed by atoms with Crippen LogP contribution in [0, 0.1) is 46.3 Å². The van der Waals surface area contributed by atoms with Gasteiger partial charge in [-0.15, -0.1) is 0 Å². The maximum atomic E-state index is 13.2. The van der Waals surface area contributed by atoms with Gasteiger partial charge in [-0.3, -0.25) is 0 Å². The van der Waals surface area contributed by atoms with Crippen LogP contribution in [0.15, 0.2) is 35.9 Å². The molecule has 3 heteroatoms. The number of rotatable bonds is 17. The lowest BCUT2D eigenvalue weighted by molar-refractivity contribution is -0.0594. The van der Waals surface area contributed by atoms with E-state index >= 15 is 0 Å². The molecule has 0 bridgehead atoms. The van der Waals surface area contributed by atoms with E-state index in [9.17, 15) is 4.79 Å². The Labute approximate surface area is 289 Å². The van der Waals surface area contributed by atoms with Crippen LogP contribution in [-0.4, -0.2) is 18.7 Å². The first kappa shape index (κ1) is 36.5. The topological polar surface area (TPSA) is 35.5 Å². The predicted molar refractivity (Wildman–Crippen MR) is 197 cm³/mol. The number of fused-ring (bicyclic) bond motifs is 5. The van der Waals surface area contributed by atoms with Crippen molar-refractivity contribution in [3.8, 4) is 5.75 Å². The molecule has 0 N–H and O–H groups in total. The van der Waals surface area contributed by atoms with Gasteiger partial charge in [0.2, 0.25) is 0 Å². The van der Waals surface area contributed by atoms with Gasteiger partial charge in [0.25, 0.3) is 0 Å². The van der Waals surface area contributed by atoms with Gasteiger partial charge in [-0.1, -0.05) is 117 Å². The standard InChI is InChI=1S/C44H70O3/c1-7-8-9-10-11-12-13-14-30-46-36-21-18-34(19-22-36)42(45)47-37-26-28-43(5)35(31-37)20-23-38-40-25-24-39(33(4)17-15-16-32(2)3)44(40,6)29-27-41(38)43/h18-22,32-33,37-41H,7-17,23-31H2,1-6H3/t33-,37+,38-,39+,40-,41-,43-,44+/m0/s1. The zero-order chi connectivity index (χ0) is 33.4. The first-order valence-electron chi connectivity index (χ1n) is 20.3. The molecule has 0 heterocycles. The van der Waals surface area contributed by atoms with E-state index in [0.29, 0.717) is 11.0 Å². The largest absolute Gasteiger partial charge is 0.494 e. The molecule has 4 aliphatic carbocycles. The Bertz CT molecular complexity index is 1150. The van der Waals surface area contributed by atoms with Crippen molar-refractivity contribution in [1.82, 2.24) is 0 Å². The van der Waals surface area contributed by atoms with Crippen molar-refractivity contribution in [3.05, 3.63) is 41.5 Å². The number of unbranched alkanes of at least 4 members (excludes halogenated alkanes) is 7. The molecule has 4 aliphatic rings. The third-order valence-corrected chi connectivity index (χ3v) is 13.9. The van der Waals surface area contributed by atoms with E-state index in [0.717, 1.165) is 73.5 Å². The predicted octanol–water partition coefficient (Wildman–Crippen LogP) is 12.8. The summed E-state index contributed by atoms with van der Waals surface area (Å²) >= 11 is 0. The lowest BCUT2D eigenvalue weighted by Crippen LogP contribution is -2.51. The van der Waals surface area contributed by atoms with Crippen LogP contribution in [0.25, 0.3) is 0 Å². The van der Waals surface area contributed by atoms with Gasteiger partial charge in [0.05, 0.1) is 12.2 Å². The third-order valence-electron chi connectivity index (χ3n) is 13.9. The highest BCUT2D eigenvalue weighted by Gasteiger charge is 2.59. The van der Waals surface area contributed by atoms with E-state index < -0.39 is 0 Å². The zero-order valence-corrected chi connectivity index (χ0v) is 31.3. The summed E-state index contributed by atoms with van der Waals surface area (Å²) in [5.41, 5.74) is 3.03. The molecule has 47 heavy (non-hydrogen) atoms. The van der Waals surface area contributed by atoms with Crippen LogP contribution in [0.2, 0.25) is 0 Å². The number of benzene rings is 1. The molecule has 5 rings (SSSR count). The summed E-state index contributed by atoms with van der Waals surface area (Å²) in [5.74, 6) is 5.78. The highest BCUT2D eigenvalue weighted by Crippen LogP contribution is 2.67. The van der Waals surface area contributed by atoms with Gasteiger partial charge in [0, 0.05) is 6.42 Å². The van der Waals surface area contributed by atoms with E-state index in [1.54, 1.807) is 5.57 Å². The highest BCUT2D eigenvalue weighted by molar-refractivity contribution is 5.89. The van der Waals surface area contributed by atoms with Gasteiger partial charge >= 0.3 is 5.97 Å². The fourth-order valence-corrected chi connectivity index (χ4v) is 11.1. The Hall–Kier alpha value is -1.77. The molecule has 0 spiro atoms. The lowest BCUT2D eigenvalue weighted by Gasteiger charge is -2.58. The Morgan fingerprint density at radius 1 is 0.830 bits per heavy atom. The van der Waals surface area contributed by atoms with E-state index in [4.69, 9.17) is 9.47 Å². The SMILES string of the molecule is CCCCCCCCCCOc1ccc(C(=O)O[C@@H]2CC[C@@]3(C)C(=CC[C@H]4[C@@H]5CC[C@H]([C@@H](C)CCCC(C)C)[C@@]5(C)CC[C@@H]43)C2)cc1. The molecule has 0 radical (unpaired) electrons. The maximum Gasteiger partial charge on any atom is 0.338 e. The fraction of sp³-hybridized carbons (Fsp3) is 0.795. The zero-order valence-electron chi connectivity index (χ0n) is 31.3. The first-order chi connectivity index (χ1) is 22.7. The molecule has 264 valence electrons. The Kier molecular flexibility index (Phi) is 13.0. The minimum atomic E-state index is -0.185. The van der Waals surface area contributed by atoms with Crippen molar-refractivity contribution >= 4 is 5.97 Å². The normalized spacial score (nSPS) is 32.2. The Morgan fingerprint density at radius 3 is 2.28 bits per heavy atom. The summed E-state index contributed by atoms with van der Waals surface area (Å²) in [5, 5.41) is 0. The van der Waals surface area contributed by atoms with Gasteiger partial charge in [-0.2, -0.15) is 0 Å². The number of hydrogen-bond donors (Lipinski definition) is 0. The second-order valence-electron chi connectivity index (χ2n) is 17.4. The lowest BCUT2D eigenvalue weighted by atomic mass is 9.47. The molecule has 8 atom stereocenters. The second kappa shape index (κ2) is 16.8. The Morgan fingerprint density at radius 2 is 1.55 bits per heavy atom. The number of carbonyl (C=O) groups excluding carboxylic acids is 1. The molecule has 0 aromatic heterocycles. The van der Waals surface area contributed by atoms with Gasteiger partial charge in [0.15, 0.2) is 0 Å². The number of carbonyl (C=O) groups is 1. The van der Waals surface area contributed by atoms with Crippen LogP contribution in [-0.2, 0) is 4.74 Å². The van der Waals surface area contributed by atoms with E-state index in [1.165, 1.54) is 96.3 Å². The summed E-state index contributed by atoms with van der Waals surface area (Å²) in [6.07, 6.45) is 27.2. The van der Waals surface area contributed by atoms with E-state index in [2.05, 4.69) is 47.6 Å². The summed E-state index contributed by atoms with van der Waals surface area (Å²) in [7, 11) is 0. The fourth-order valence-electron chi connectivity index (χ4n) is 11.1. The van der Waals surface area contributed by atoms with Gasteiger partial charge < -0.3 is 9.47 Å². The van der Waals surface area contributed by atoms with Crippen LogP contribution in [0.3, 0.4) is 0 Å². The van der Waals surface area contributed by atoms with E-state index in [-0.39, 0.29) is 17.5 Å². The molecule has 3 fully saturated rings. The average Bonchev–Trinajstić information content (AvgIpc) is 3.41. The van der Waals surface area contributed by atoms with Crippen molar-refractivity contribution in [2.75, 3.05) is 6.61 Å². The second-order valence-corrected chi connectivity index (χ2v) is 17.4. The molecular formula is C44H70O3. The van der Waals surface area contributed by atoms with Crippen LogP contribution in [0.4, 0.5) is 0 Å². The average molecular weight is 647 g/mol. The summed E-state index contributed by atoms with van der Waals surface area (Å²) < 4.78 is 12.1. The van der Waals surface area contributed by atoms with Crippen molar-refractivity contribution in [1.29, 1.82) is 0 Å². The smallest absolute Gasteiger partial charge is 0.338 e. The molecule has 1 aromatic rings. The van der Waals surface area contributed by atoms with Crippen molar-refractivity contribution in [2.45, 2.75) is 170 Å². The highest BCUT2D eigenvalue weighted by atomic mass is 16.5. The van der Waals surface area contributed by atoms with Crippen LogP contribution in [0.5, 0.6) is 5.75 Å². The van der Waals surface area contributed by atoms with Crippen LogP contribution >= 0.6 is 0 Å². The monoisotopic (exact) mass is 647 g/mol. The quantitative estimate of drug-likeness (QED) is 0.0959. The van der Waals surface area contributed by atoms with Gasteiger partial charge in [-0.05, 0) is 122 Å². The molecule has 1 aromatic carbocycles. The molecular weight excluding hydrogens is 576 g/mol. The Balaban J connectivity index is 1.09. The van der Waals surface area contributed by atoms with Crippen LogP contribution < -0.4 is 4.74 Å². The number of esters is 1. The molecule has 3 saturated carbocycles. The van der Waals surface area contributed by atoms with E-state index in [1.807, 2.05) is 24.3 Å². The maximum absolute atomic E-state index is 13.2. The van der Waals surface area contributed by atoms with Crippen molar-refractivity contribution < 1.29 is 14.3 Å². The number of ether oxygens (including phenoxy) is 2. The summed E-state index contributed by atoms with van der Waals surface area (Å²) in [4.78, 5) is 13.2. The minimum absolute atomic E-state index is 0.00678. The summed E-state index contributed by atoms with van der Waals surface area (Å²) in [6.45, 7) is 15.6. The van der Waals surface area contributed by atoms with Crippen LogP contribution in [0.1, 0.15) is 174 Å². The molecule has 0 aliphatic heterocycles. The molecule has 0 saturated heterocycles. The molecule has 0 amide bonds. The van der Waals surface area contributed by atoms with Crippen molar-refractivity contribution in [2.24, 2.45) is 46.3 Å². The molecule has 0 unspecified atom stereocenters. The molecule has 3 nitrogen and oxygen atoms in total. The van der Waals surface area contributed by atoms with Gasteiger partial charge in [-0.25, -0.2) is 4.79 Å². The number of hydrogen-bond acceptors (Lipinski definition) is 3. The van der Waals surface area contributed by atoms with Gasteiger partial charge in [0.1, 0.15) is 11.9 Å². The number of allylic oxidation sites excluding steroid dienone is 1. The van der Waals surface area contributed by atoms with Crippen molar-refractivity contribution in [3.63, 3.8) is 0 Å².